The minimum Gasteiger partial charge on any atom is -0.383 e. The maximum Gasteiger partial charge on any atom is 0.191 e. The minimum absolute atomic E-state index is 0. The SMILES string of the molecule is CCNC(=NCC1CCN(CCOC)CC1)NC1CC(C)(OC)C1(C)C.I. The lowest BCUT2D eigenvalue weighted by molar-refractivity contribution is -0.176. The van der Waals surface area contributed by atoms with Crippen LogP contribution >= 0.6 is 24.0 Å². The van der Waals surface area contributed by atoms with Gasteiger partial charge in [0.15, 0.2) is 5.96 Å². The number of likely N-dealkylation sites (tertiary alicyclic amines) is 1. The molecule has 2 rings (SSSR count). The summed E-state index contributed by atoms with van der Waals surface area (Å²) in [5.74, 6) is 1.63. The summed E-state index contributed by atoms with van der Waals surface area (Å²) in [6.45, 7) is 14.9. The third kappa shape index (κ3) is 6.18. The van der Waals surface area contributed by atoms with Crippen molar-refractivity contribution in [3.63, 3.8) is 0 Å². The van der Waals surface area contributed by atoms with Gasteiger partial charge < -0.3 is 25.0 Å². The van der Waals surface area contributed by atoms with Crippen LogP contribution in [0.2, 0.25) is 0 Å². The molecular weight excluding hydrogens is 455 g/mol. The number of piperidine rings is 1. The highest BCUT2D eigenvalue weighted by Gasteiger charge is 2.58. The summed E-state index contributed by atoms with van der Waals surface area (Å²) in [4.78, 5) is 7.39. The molecule has 0 bridgehead atoms. The van der Waals surface area contributed by atoms with Crippen LogP contribution in [0.5, 0.6) is 0 Å². The molecule has 7 heteroatoms. The van der Waals surface area contributed by atoms with Crippen molar-refractivity contribution < 1.29 is 9.47 Å². The van der Waals surface area contributed by atoms with Crippen LogP contribution in [-0.2, 0) is 9.47 Å². The third-order valence-corrected chi connectivity index (χ3v) is 6.76. The van der Waals surface area contributed by atoms with E-state index in [1.807, 2.05) is 7.11 Å². The van der Waals surface area contributed by atoms with Crippen LogP contribution < -0.4 is 10.6 Å². The summed E-state index contributed by atoms with van der Waals surface area (Å²) in [6.07, 6.45) is 3.46. The fourth-order valence-electron chi connectivity index (χ4n) is 4.04. The van der Waals surface area contributed by atoms with Crippen molar-refractivity contribution in [2.75, 3.05) is 53.6 Å². The number of guanidine groups is 1. The van der Waals surface area contributed by atoms with Crippen molar-refractivity contribution in [2.45, 2.75) is 58.6 Å². The standard InChI is InChI=1S/C20H40N4O2.HI/c1-7-21-18(23-17-14-20(4,26-6)19(17,2)3)22-15-16-8-10-24(11-9-16)12-13-25-5;/h16-17H,7-15H2,1-6H3,(H2,21,22,23);1H. The number of nitrogens with one attached hydrogen (secondary N) is 2. The van der Waals surface area contributed by atoms with Gasteiger partial charge in [0.1, 0.15) is 0 Å². The zero-order chi connectivity index (χ0) is 19.2. The van der Waals surface area contributed by atoms with Crippen LogP contribution in [0.4, 0.5) is 0 Å². The van der Waals surface area contributed by atoms with E-state index in [0.29, 0.717) is 12.0 Å². The quantitative estimate of drug-likeness (QED) is 0.308. The number of aliphatic imine (C=N–C) groups is 1. The molecule has 2 atom stereocenters. The molecule has 1 saturated heterocycles. The predicted octanol–water partition coefficient (Wildman–Crippen LogP) is 2.72. The molecule has 6 nitrogen and oxygen atoms in total. The Labute approximate surface area is 183 Å². The lowest BCUT2D eigenvalue weighted by Crippen LogP contribution is -2.69. The van der Waals surface area contributed by atoms with E-state index >= 15 is 0 Å². The molecule has 2 N–H and O–H groups in total. The Bertz CT molecular complexity index is 467. The summed E-state index contributed by atoms with van der Waals surface area (Å²) < 4.78 is 10.9. The van der Waals surface area contributed by atoms with Crippen LogP contribution in [0.3, 0.4) is 0 Å². The first kappa shape index (κ1) is 24.9. The Morgan fingerprint density at radius 3 is 2.37 bits per heavy atom. The van der Waals surface area contributed by atoms with Crippen molar-refractivity contribution in [3.05, 3.63) is 0 Å². The topological polar surface area (TPSA) is 58.1 Å². The van der Waals surface area contributed by atoms with Gasteiger partial charge in [-0.05, 0) is 52.1 Å². The van der Waals surface area contributed by atoms with Crippen LogP contribution in [0, 0.1) is 11.3 Å². The average Bonchev–Trinajstić information content (AvgIpc) is 2.64. The van der Waals surface area contributed by atoms with Crippen molar-refractivity contribution in [1.82, 2.24) is 15.5 Å². The third-order valence-electron chi connectivity index (χ3n) is 6.76. The van der Waals surface area contributed by atoms with Crippen molar-refractivity contribution in [2.24, 2.45) is 16.3 Å². The van der Waals surface area contributed by atoms with Gasteiger partial charge in [-0.2, -0.15) is 0 Å². The number of hydrogen-bond acceptors (Lipinski definition) is 4. The number of halogens is 1. The zero-order valence-corrected chi connectivity index (χ0v) is 20.5. The molecular formula is C20H41IN4O2. The molecule has 1 heterocycles. The van der Waals surface area contributed by atoms with Gasteiger partial charge in [-0.3, -0.25) is 4.99 Å². The normalized spacial score (nSPS) is 29.0. The number of methoxy groups -OCH3 is 2. The summed E-state index contributed by atoms with van der Waals surface area (Å²) in [6, 6.07) is 0.390. The Balaban J connectivity index is 0.00000364. The Morgan fingerprint density at radius 2 is 1.85 bits per heavy atom. The highest BCUT2D eigenvalue weighted by Crippen LogP contribution is 2.51. The number of ether oxygens (including phenoxy) is 2. The first-order valence-corrected chi connectivity index (χ1v) is 10.2. The second-order valence-electron chi connectivity index (χ2n) is 8.56. The zero-order valence-electron chi connectivity index (χ0n) is 18.1. The van der Waals surface area contributed by atoms with Crippen LogP contribution in [0.15, 0.2) is 4.99 Å². The van der Waals surface area contributed by atoms with E-state index < -0.39 is 0 Å². The van der Waals surface area contributed by atoms with Crippen LogP contribution in [0.25, 0.3) is 0 Å². The first-order valence-electron chi connectivity index (χ1n) is 10.2. The smallest absolute Gasteiger partial charge is 0.191 e. The molecule has 2 fully saturated rings. The highest BCUT2D eigenvalue weighted by atomic mass is 127. The van der Waals surface area contributed by atoms with Gasteiger partial charge in [-0.25, -0.2) is 0 Å². The predicted molar refractivity (Wildman–Crippen MR) is 123 cm³/mol. The maximum absolute atomic E-state index is 5.74. The van der Waals surface area contributed by atoms with Crippen LogP contribution in [-0.4, -0.2) is 76.1 Å². The number of nitrogens with zero attached hydrogens (tertiary/aromatic N) is 2. The Hall–Kier alpha value is -0.120. The second kappa shape index (κ2) is 11.2. The molecule has 0 radical (unpaired) electrons. The highest BCUT2D eigenvalue weighted by molar-refractivity contribution is 14.0. The van der Waals surface area contributed by atoms with Gasteiger partial charge >= 0.3 is 0 Å². The second-order valence-corrected chi connectivity index (χ2v) is 8.56. The molecule has 0 aromatic rings. The number of hydrogen-bond donors (Lipinski definition) is 2. The Kier molecular flexibility index (Phi) is 10.3. The summed E-state index contributed by atoms with van der Waals surface area (Å²) in [5.41, 5.74) is 0.0294. The van der Waals surface area contributed by atoms with E-state index in [0.717, 1.165) is 51.7 Å². The van der Waals surface area contributed by atoms with Gasteiger partial charge in [0.05, 0.1) is 12.2 Å². The van der Waals surface area contributed by atoms with Gasteiger partial charge in [-0.1, -0.05) is 13.8 Å². The van der Waals surface area contributed by atoms with Crippen molar-refractivity contribution >= 4 is 29.9 Å². The molecule has 0 amide bonds. The molecule has 0 aromatic carbocycles. The van der Waals surface area contributed by atoms with Gasteiger partial charge in [-0.15, -0.1) is 24.0 Å². The molecule has 1 aliphatic carbocycles. The Morgan fingerprint density at radius 1 is 1.19 bits per heavy atom. The van der Waals surface area contributed by atoms with E-state index in [1.165, 1.54) is 12.8 Å². The van der Waals surface area contributed by atoms with E-state index in [-0.39, 0.29) is 35.0 Å². The maximum atomic E-state index is 5.74. The van der Waals surface area contributed by atoms with E-state index in [1.54, 1.807) is 7.11 Å². The molecule has 0 aromatic heterocycles. The van der Waals surface area contributed by atoms with Crippen molar-refractivity contribution in [3.8, 4) is 0 Å². The van der Waals surface area contributed by atoms with E-state index in [2.05, 4.69) is 43.2 Å². The van der Waals surface area contributed by atoms with E-state index in [9.17, 15) is 0 Å². The summed E-state index contributed by atoms with van der Waals surface area (Å²) in [7, 11) is 3.59. The van der Waals surface area contributed by atoms with Gasteiger partial charge in [0.25, 0.3) is 0 Å². The fourth-order valence-corrected chi connectivity index (χ4v) is 4.04. The lowest BCUT2D eigenvalue weighted by Gasteiger charge is -2.59. The summed E-state index contributed by atoms with van der Waals surface area (Å²) in [5, 5.41) is 7.05. The lowest BCUT2D eigenvalue weighted by atomic mass is 9.56. The van der Waals surface area contributed by atoms with Gasteiger partial charge in [0.2, 0.25) is 0 Å². The molecule has 2 unspecified atom stereocenters. The first-order chi connectivity index (χ1) is 12.4. The van der Waals surface area contributed by atoms with Crippen molar-refractivity contribution in [1.29, 1.82) is 0 Å². The molecule has 27 heavy (non-hydrogen) atoms. The minimum atomic E-state index is -0.0585. The average molecular weight is 496 g/mol. The fraction of sp³-hybridized carbons (Fsp3) is 0.950. The largest absolute Gasteiger partial charge is 0.383 e. The molecule has 1 saturated carbocycles. The number of rotatable bonds is 8. The monoisotopic (exact) mass is 496 g/mol. The molecule has 0 spiro atoms. The summed E-state index contributed by atoms with van der Waals surface area (Å²) >= 11 is 0. The van der Waals surface area contributed by atoms with Gasteiger partial charge in [0, 0.05) is 45.3 Å². The molecule has 1 aliphatic heterocycles. The van der Waals surface area contributed by atoms with Crippen LogP contribution in [0.1, 0.15) is 47.0 Å². The molecule has 2 aliphatic rings. The molecule has 160 valence electrons. The van der Waals surface area contributed by atoms with E-state index in [4.69, 9.17) is 14.5 Å².